The molecule has 3 aromatic rings. The summed E-state index contributed by atoms with van der Waals surface area (Å²) in [5.74, 6) is -0.464. The van der Waals surface area contributed by atoms with Gasteiger partial charge in [0.1, 0.15) is 0 Å². The molecule has 1 aromatic heterocycles. The normalized spacial score (nSPS) is 13.9. The second-order valence-electron chi connectivity index (χ2n) is 8.06. The average molecular weight is 451 g/mol. The summed E-state index contributed by atoms with van der Waals surface area (Å²) in [6, 6.07) is 12.6. The number of aromatic nitrogens is 2. The Bertz CT molecular complexity index is 1230. The number of nitrogens with one attached hydrogen (secondary N) is 2. The van der Waals surface area contributed by atoms with Gasteiger partial charge in [0.25, 0.3) is 5.56 Å². The van der Waals surface area contributed by atoms with Crippen LogP contribution in [0.25, 0.3) is 16.6 Å². The van der Waals surface area contributed by atoms with Crippen LogP contribution in [-0.4, -0.2) is 33.3 Å². The number of rotatable bonds is 5. The number of thioether (sulfide) groups is 1. The molecule has 0 bridgehead atoms. The van der Waals surface area contributed by atoms with Crippen LogP contribution in [0.2, 0.25) is 0 Å². The van der Waals surface area contributed by atoms with Gasteiger partial charge in [0.05, 0.1) is 22.3 Å². The predicted octanol–water partition coefficient (Wildman–Crippen LogP) is 3.86. The van der Waals surface area contributed by atoms with Crippen molar-refractivity contribution in [2.45, 2.75) is 50.7 Å². The Labute approximate surface area is 190 Å². The number of benzene rings is 2. The lowest BCUT2D eigenvalue weighted by Gasteiger charge is -2.16. The van der Waals surface area contributed by atoms with E-state index in [0.29, 0.717) is 16.1 Å². The molecule has 166 valence electrons. The van der Waals surface area contributed by atoms with E-state index < -0.39 is 11.9 Å². The number of amides is 3. The molecule has 0 spiro atoms. The maximum absolute atomic E-state index is 13.4. The molecule has 2 N–H and O–H groups in total. The fourth-order valence-corrected chi connectivity index (χ4v) is 4.79. The van der Waals surface area contributed by atoms with E-state index in [2.05, 4.69) is 15.6 Å². The third kappa shape index (κ3) is 4.70. The summed E-state index contributed by atoms with van der Waals surface area (Å²) < 4.78 is 1.56. The quantitative estimate of drug-likeness (QED) is 0.455. The number of hydrogen-bond acceptors (Lipinski definition) is 5. The molecule has 2 aromatic carbocycles. The molecule has 1 fully saturated rings. The van der Waals surface area contributed by atoms with Gasteiger partial charge in [-0.2, -0.15) is 0 Å². The first-order valence-corrected chi connectivity index (χ1v) is 11.7. The number of aryl methyl sites for hydroxylation is 1. The zero-order valence-corrected chi connectivity index (χ0v) is 19.0. The second-order valence-corrected chi connectivity index (χ2v) is 9.01. The van der Waals surface area contributed by atoms with Crippen molar-refractivity contribution in [2.75, 3.05) is 5.75 Å². The topological polar surface area (TPSA) is 93.1 Å². The lowest BCUT2D eigenvalue weighted by Crippen LogP contribution is -2.44. The molecule has 32 heavy (non-hydrogen) atoms. The summed E-state index contributed by atoms with van der Waals surface area (Å²) >= 11 is 1.14. The highest BCUT2D eigenvalue weighted by Gasteiger charge is 2.20. The van der Waals surface area contributed by atoms with Gasteiger partial charge in [-0.15, -0.1) is 0 Å². The molecule has 0 atom stereocenters. The van der Waals surface area contributed by atoms with Crippen LogP contribution in [0.4, 0.5) is 4.79 Å². The highest BCUT2D eigenvalue weighted by Crippen LogP contribution is 2.24. The van der Waals surface area contributed by atoms with Gasteiger partial charge in [-0.25, -0.2) is 9.78 Å². The molecule has 0 unspecified atom stereocenters. The molecule has 7 nitrogen and oxygen atoms in total. The molecule has 1 aliphatic carbocycles. The molecule has 8 heteroatoms. The van der Waals surface area contributed by atoms with Crippen LogP contribution in [0.15, 0.2) is 52.4 Å². The summed E-state index contributed by atoms with van der Waals surface area (Å²) in [4.78, 5) is 42.5. The number of carbonyl (C=O) groups excluding carboxylic acids is 2. The molecule has 1 saturated carbocycles. The standard InChI is InChI=1S/C24H26N4O3S/c1-15-8-7-13-20(16(15)2)28-22(30)18-11-5-6-12-19(18)26-24(28)32-14-21(29)27-23(31)25-17-9-3-4-10-17/h5-8,11-13,17H,3-4,9-10,14H2,1-2H3,(H2,25,27,29,31). The number of hydrogen-bond donors (Lipinski definition) is 2. The van der Waals surface area contributed by atoms with Crippen LogP contribution >= 0.6 is 11.8 Å². The van der Waals surface area contributed by atoms with Gasteiger partial charge in [0.2, 0.25) is 5.91 Å². The third-order valence-electron chi connectivity index (χ3n) is 5.84. The molecule has 0 saturated heterocycles. The number of carbonyl (C=O) groups is 2. The van der Waals surface area contributed by atoms with E-state index in [1.165, 1.54) is 0 Å². The minimum Gasteiger partial charge on any atom is -0.335 e. The van der Waals surface area contributed by atoms with Crippen molar-refractivity contribution in [1.29, 1.82) is 0 Å². The number of nitrogens with zero attached hydrogens (tertiary/aromatic N) is 2. The first-order valence-electron chi connectivity index (χ1n) is 10.8. The Balaban J connectivity index is 1.60. The van der Waals surface area contributed by atoms with Crippen molar-refractivity contribution in [3.05, 3.63) is 63.9 Å². The van der Waals surface area contributed by atoms with Crippen LogP contribution in [0, 0.1) is 13.8 Å². The maximum Gasteiger partial charge on any atom is 0.321 e. The van der Waals surface area contributed by atoms with E-state index in [9.17, 15) is 14.4 Å². The lowest BCUT2D eigenvalue weighted by molar-refractivity contribution is -0.117. The average Bonchev–Trinajstić information content (AvgIpc) is 3.27. The summed E-state index contributed by atoms with van der Waals surface area (Å²) in [6.45, 7) is 3.95. The summed E-state index contributed by atoms with van der Waals surface area (Å²) in [5, 5.41) is 6.15. The SMILES string of the molecule is Cc1cccc(-n2c(SCC(=O)NC(=O)NC3CCCC3)nc3ccccc3c2=O)c1C. The minimum atomic E-state index is -0.471. The minimum absolute atomic E-state index is 0.0340. The lowest BCUT2D eigenvalue weighted by atomic mass is 10.1. The molecular weight excluding hydrogens is 424 g/mol. The monoisotopic (exact) mass is 450 g/mol. The van der Waals surface area contributed by atoms with Gasteiger partial charge in [-0.1, -0.05) is 48.9 Å². The Morgan fingerprint density at radius 2 is 1.84 bits per heavy atom. The van der Waals surface area contributed by atoms with Gasteiger partial charge in [0, 0.05) is 6.04 Å². The van der Waals surface area contributed by atoms with E-state index in [1.54, 1.807) is 16.7 Å². The van der Waals surface area contributed by atoms with Crippen molar-refractivity contribution < 1.29 is 9.59 Å². The van der Waals surface area contributed by atoms with Gasteiger partial charge in [0.15, 0.2) is 5.16 Å². The fourth-order valence-electron chi connectivity index (χ4n) is 3.98. The Morgan fingerprint density at radius 1 is 1.09 bits per heavy atom. The van der Waals surface area contributed by atoms with Crippen molar-refractivity contribution in [1.82, 2.24) is 20.2 Å². The van der Waals surface area contributed by atoms with Gasteiger partial charge in [-0.05, 0) is 56.0 Å². The fraction of sp³-hybridized carbons (Fsp3) is 0.333. The highest BCUT2D eigenvalue weighted by molar-refractivity contribution is 7.99. The number of para-hydroxylation sites is 1. The molecule has 3 amide bonds. The zero-order chi connectivity index (χ0) is 22.7. The first kappa shape index (κ1) is 22.1. The molecule has 4 rings (SSSR count). The van der Waals surface area contributed by atoms with Crippen molar-refractivity contribution in [2.24, 2.45) is 0 Å². The summed E-state index contributed by atoms with van der Waals surface area (Å²) in [6.07, 6.45) is 4.08. The van der Waals surface area contributed by atoms with E-state index in [-0.39, 0.29) is 17.4 Å². The first-order chi connectivity index (χ1) is 15.4. The molecule has 0 aliphatic heterocycles. The molecule has 0 radical (unpaired) electrons. The number of imide groups is 1. The van der Waals surface area contributed by atoms with Crippen LogP contribution < -0.4 is 16.2 Å². The largest absolute Gasteiger partial charge is 0.335 e. The van der Waals surface area contributed by atoms with E-state index >= 15 is 0 Å². The van der Waals surface area contributed by atoms with Crippen LogP contribution in [0.5, 0.6) is 0 Å². The smallest absolute Gasteiger partial charge is 0.321 e. The molecule has 1 aliphatic rings. The maximum atomic E-state index is 13.4. The van der Waals surface area contributed by atoms with E-state index in [1.807, 2.05) is 44.2 Å². The van der Waals surface area contributed by atoms with E-state index in [4.69, 9.17) is 0 Å². The predicted molar refractivity (Wildman–Crippen MR) is 126 cm³/mol. The Hall–Kier alpha value is -3.13. The summed E-state index contributed by atoms with van der Waals surface area (Å²) in [5.41, 5.74) is 3.14. The molecule has 1 heterocycles. The van der Waals surface area contributed by atoms with Crippen molar-refractivity contribution in [3.8, 4) is 5.69 Å². The van der Waals surface area contributed by atoms with Crippen LogP contribution in [0.3, 0.4) is 0 Å². The van der Waals surface area contributed by atoms with Crippen LogP contribution in [0.1, 0.15) is 36.8 Å². The van der Waals surface area contributed by atoms with Gasteiger partial charge >= 0.3 is 6.03 Å². The van der Waals surface area contributed by atoms with Gasteiger partial charge in [-0.3, -0.25) is 19.5 Å². The third-order valence-corrected chi connectivity index (χ3v) is 6.78. The van der Waals surface area contributed by atoms with Crippen LogP contribution in [-0.2, 0) is 4.79 Å². The summed E-state index contributed by atoms with van der Waals surface area (Å²) in [7, 11) is 0. The van der Waals surface area contributed by atoms with E-state index in [0.717, 1.165) is 54.3 Å². The number of urea groups is 1. The zero-order valence-electron chi connectivity index (χ0n) is 18.2. The van der Waals surface area contributed by atoms with Crippen molar-refractivity contribution >= 4 is 34.6 Å². The second kappa shape index (κ2) is 9.56. The number of fused-ring (bicyclic) bond motifs is 1. The van der Waals surface area contributed by atoms with Gasteiger partial charge < -0.3 is 5.32 Å². The highest BCUT2D eigenvalue weighted by atomic mass is 32.2. The van der Waals surface area contributed by atoms with Crippen molar-refractivity contribution in [3.63, 3.8) is 0 Å². The Kier molecular flexibility index (Phi) is 6.60. The molecular formula is C24H26N4O3S. The Morgan fingerprint density at radius 3 is 2.62 bits per heavy atom.